The second-order valence-electron chi connectivity index (χ2n) is 4.80. The highest BCUT2D eigenvalue weighted by atomic mass is 32.2. The molecule has 0 aliphatic carbocycles. The van der Waals surface area contributed by atoms with Gasteiger partial charge in [-0.1, -0.05) is 19.1 Å². The van der Waals surface area contributed by atoms with Crippen molar-refractivity contribution >= 4 is 21.6 Å². The van der Waals surface area contributed by atoms with E-state index in [-0.39, 0.29) is 28.4 Å². The van der Waals surface area contributed by atoms with E-state index in [9.17, 15) is 17.6 Å². The van der Waals surface area contributed by atoms with E-state index in [0.29, 0.717) is 0 Å². The topological polar surface area (TPSA) is 84.5 Å². The summed E-state index contributed by atoms with van der Waals surface area (Å²) < 4.78 is 45.3. The second kappa shape index (κ2) is 7.41. The Bertz CT molecular complexity index is 853. The first-order valence-electron chi connectivity index (χ1n) is 7.12. The molecule has 0 heterocycles. The minimum absolute atomic E-state index is 0.0333. The molecule has 0 spiro atoms. The zero-order chi connectivity index (χ0) is 17.7. The van der Waals surface area contributed by atoms with E-state index in [1.54, 1.807) is 6.92 Å². The summed E-state index contributed by atoms with van der Waals surface area (Å²) in [6, 6.07) is 9.53. The van der Waals surface area contributed by atoms with Crippen molar-refractivity contribution in [3.63, 3.8) is 0 Å². The maximum atomic E-state index is 13.7. The van der Waals surface area contributed by atoms with Crippen molar-refractivity contribution in [2.45, 2.75) is 11.8 Å². The van der Waals surface area contributed by atoms with Gasteiger partial charge in [-0.05, 0) is 30.3 Å². The van der Waals surface area contributed by atoms with Crippen LogP contribution in [0.3, 0.4) is 0 Å². The standard InChI is InChI=1S/C16H17FN2O4S/c1-3-18-24(21,22)11-8-9-15(23-2)14(10-11)19-16(20)12-6-4-5-7-13(12)17/h4-10,18H,3H2,1-2H3,(H,19,20). The van der Waals surface area contributed by atoms with Gasteiger partial charge in [-0.25, -0.2) is 17.5 Å². The van der Waals surface area contributed by atoms with E-state index < -0.39 is 21.7 Å². The fraction of sp³-hybridized carbons (Fsp3) is 0.188. The number of rotatable bonds is 6. The van der Waals surface area contributed by atoms with Crippen LogP contribution in [0.4, 0.5) is 10.1 Å². The van der Waals surface area contributed by atoms with E-state index in [1.165, 1.54) is 43.5 Å². The summed E-state index contributed by atoms with van der Waals surface area (Å²) in [6.07, 6.45) is 0. The Balaban J connectivity index is 2.38. The number of amides is 1. The first-order chi connectivity index (χ1) is 11.4. The number of anilines is 1. The minimum atomic E-state index is -3.70. The second-order valence-corrected chi connectivity index (χ2v) is 6.56. The summed E-state index contributed by atoms with van der Waals surface area (Å²) in [6.45, 7) is 1.88. The number of benzene rings is 2. The fourth-order valence-electron chi connectivity index (χ4n) is 2.06. The van der Waals surface area contributed by atoms with Gasteiger partial charge < -0.3 is 10.1 Å². The predicted molar refractivity (Wildman–Crippen MR) is 88.2 cm³/mol. The number of nitrogens with one attached hydrogen (secondary N) is 2. The summed E-state index contributed by atoms with van der Waals surface area (Å²) in [5.41, 5.74) is -0.0239. The summed E-state index contributed by atoms with van der Waals surface area (Å²) >= 11 is 0. The van der Waals surface area contributed by atoms with Gasteiger partial charge in [-0.3, -0.25) is 4.79 Å². The Hall–Kier alpha value is -2.45. The van der Waals surface area contributed by atoms with Crippen LogP contribution in [0.1, 0.15) is 17.3 Å². The van der Waals surface area contributed by atoms with Crippen LogP contribution in [0.25, 0.3) is 0 Å². The maximum absolute atomic E-state index is 13.7. The molecule has 6 nitrogen and oxygen atoms in total. The fourth-order valence-corrected chi connectivity index (χ4v) is 3.13. The lowest BCUT2D eigenvalue weighted by Gasteiger charge is -2.13. The quantitative estimate of drug-likeness (QED) is 0.836. The molecular formula is C16H17FN2O4S. The van der Waals surface area contributed by atoms with Crippen molar-refractivity contribution in [1.29, 1.82) is 0 Å². The summed E-state index contributed by atoms with van der Waals surface area (Å²) in [5, 5.41) is 2.48. The monoisotopic (exact) mass is 352 g/mol. The van der Waals surface area contributed by atoms with Crippen LogP contribution in [0.15, 0.2) is 47.4 Å². The highest BCUT2D eigenvalue weighted by Gasteiger charge is 2.18. The predicted octanol–water partition coefficient (Wildman–Crippen LogP) is 2.38. The highest BCUT2D eigenvalue weighted by molar-refractivity contribution is 7.89. The van der Waals surface area contributed by atoms with E-state index in [0.717, 1.165) is 6.07 Å². The molecule has 0 saturated heterocycles. The molecule has 1 amide bonds. The van der Waals surface area contributed by atoms with E-state index in [1.807, 2.05) is 0 Å². The third kappa shape index (κ3) is 3.90. The Kier molecular flexibility index (Phi) is 5.53. The largest absolute Gasteiger partial charge is 0.495 e. The lowest BCUT2D eigenvalue weighted by Crippen LogP contribution is -2.23. The van der Waals surface area contributed by atoms with E-state index in [2.05, 4.69) is 10.0 Å². The summed E-state index contributed by atoms with van der Waals surface area (Å²) in [5.74, 6) is -1.12. The molecule has 128 valence electrons. The number of sulfonamides is 1. The van der Waals surface area contributed by atoms with E-state index >= 15 is 0 Å². The number of halogens is 1. The van der Waals surface area contributed by atoms with Crippen LogP contribution in [0.2, 0.25) is 0 Å². The molecule has 2 aromatic rings. The van der Waals surface area contributed by atoms with E-state index in [4.69, 9.17) is 4.74 Å². The molecule has 8 heteroatoms. The Morgan fingerprint density at radius 1 is 1.21 bits per heavy atom. The van der Waals surface area contributed by atoms with Crippen LogP contribution in [-0.4, -0.2) is 28.0 Å². The summed E-state index contributed by atoms with van der Waals surface area (Å²) in [4.78, 5) is 12.2. The Labute approximate surface area is 139 Å². The van der Waals surface area contributed by atoms with Crippen LogP contribution in [-0.2, 0) is 10.0 Å². The number of methoxy groups -OCH3 is 1. The van der Waals surface area contributed by atoms with Crippen LogP contribution < -0.4 is 14.8 Å². The summed E-state index contributed by atoms with van der Waals surface area (Å²) in [7, 11) is -2.32. The molecule has 0 bridgehead atoms. The lowest BCUT2D eigenvalue weighted by molar-refractivity contribution is 0.102. The molecule has 2 rings (SSSR count). The average Bonchev–Trinajstić information content (AvgIpc) is 2.55. The maximum Gasteiger partial charge on any atom is 0.258 e. The van der Waals surface area contributed by atoms with Gasteiger partial charge in [0.1, 0.15) is 11.6 Å². The van der Waals surface area contributed by atoms with Gasteiger partial charge in [0.25, 0.3) is 5.91 Å². The number of hydrogen-bond acceptors (Lipinski definition) is 4. The van der Waals surface area contributed by atoms with Crippen LogP contribution in [0.5, 0.6) is 5.75 Å². The molecule has 2 N–H and O–H groups in total. The highest BCUT2D eigenvalue weighted by Crippen LogP contribution is 2.28. The first-order valence-corrected chi connectivity index (χ1v) is 8.61. The van der Waals surface area contributed by atoms with Gasteiger partial charge in [0, 0.05) is 6.54 Å². The molecule has 0 radical (unpaired) electrons. The van der Waals surface area contributed by atoms with Crippen molar-refractivity contribution < 1.29 is 22.3 Å². The van der Waals surface area contributed by atoms with Gasteiger partial charge in [0.2, 0.25) is 10.0 Å². The smallest absolute Gasteiger partial charge is 0.258 e. The average molecular weight is 352 g/mol. The molecule has 0 atom stereocenters. The molecule has 0 saturated carbocycles. The van der Waals surface area contributed by atoms with Crippen LogP contribution >= 0.6 is 0 Å². The molecule has 0 unspecified atom stereocenters. The molecule has 24 heavy (non-hydrogen) atoms. The number of carbonyl (C=O) groups is 1. The SMILES string of the molecule is CCNS(=O)(=O)c1ccc(OC)c(NC(=O)c2ccccc2F)c1. The van der Waals surface area contributed by atoms with Crippen LogP contribution in [0, 0.1) is 5.82 Å². The molecule has 0 fully saturated rings. The normalized spacial score (nSPS) is 11.1. The van der Waals surface area contributed by atoms with Gasteiger partial charge in [-0.15, -0.1) is 0 Å². The van der Waals surface area contributed by atoms with Gasteiger partial charge in [-0.2, -0.15) is 0 Å². The zero-order valence-corrected chi connectivity index (χ0v) is 14.0. The van der Waals surface area contributed by atoms with Crippen molar-refractivity contribution in [2.75, 3.05) is 19.0 Å². The van der Waals surface area contributed by atoms with Crippen molar-refractivity contribution in [3.05, 3.63) is 53.8 Å². The molecule has 2 aromatic carbocycles. The van der Waals surface area contributed by atoms with Crippen molar-refractivity contribution in [3.8, 4) is 5.75 Å². The third-order valence-electron chi connectivity index (χ3n) is 3.18. The molecule has 0 aliphatic rings. The number of ether oxygens (including phenoxy) is 1. The van der Waals surface area contributed by atoms with Gasteiger partial charge in [0.05, 0.1) is 23.3 Å². The Morgan fingerprint density at radius 2 is 1.92 bits per heavy atom. The minimum Gasteiger partial charge on any atom is -0.495 e. The van der Waals surface area contributed by atoms with Crippen molar-refractivity contribution in [2.24, 2.45) is 0 Å². The molecule has 0 aliphatic heterocycles. The Morgan fingerprint density at radius 3 is 2.54 bits per heavy atom. The van der Waals surface area contributed by atoms with Crippen molar-refractivity contribution in [1.82, 2.24) is 4.72 Å². The van der Waals surface area contributed by atoms with Gasteiger partial charge >= 0.3 is 0 Å². The molecular weight excluding hydrogens is 335 g/mol. The first kappa shape index (κ1) is 17.9. The van der Waals surface area contributed by atoms with Gasteiger partial charge in [0.15, 0.2) is 0 Å². The third-order valence-corrected chi connectivity index (χ3v) is 4.73. The lowest BCUT2D eigenvalue weighted by atomic mass is 10.2. The zero-order valence-electron chi connectivity index (χ0n) is 13.2. The molecule has 0 aromatic heterocycles. The number of hydrogen-bond donors (Lipinski definition) is 2. The number of carbonyl (C=O) groups excluding carboxylic acids is 1.